The second kappa shape index (κ2) is 5.80. The van der Waals surface area contributed by atoms with Gasteiger partial charge >= 0.3 is 0 Å². The summed E-state index contributed by atoms with van der Waals surface area (Å²) in [5.41, 5.74) is 3.52. The van der Waals surface area contributed by atoms with Crippen molar-refractivity contribution in [3.63, 3.8) is 0 Å². The summed E-state index contributed by atoms with van der Waals surface area (Å²) in [6.07, 6.45) is 0. The van der Waals surface area contributed by atoms with E-state index in [1.165, 1.54) is 21.9 Å². The van der Waals surface area contributed by atoms with Gasteiger partial charge in [0, 0.05) is 5.56 Å². The third-order valence-electron chi connectivity index (χ3n) is 3.40. The van der Waals surface area contributed by atoms with E-state index in [2.05, 4.69) is 81.2 Å². The molecule has 1 unspecified atom stereocenters. The molecule has 2 aromatic carbocycles. The Labute approximate surface area is 144 Å². The molecule has 0 amide bonds. The van der Waals surface area contributed by atoms with Crippen LogP contribution in [0, 0.1) is 6.92 Å². The average Bonchev–Trinajstić information content (AvgIpc) is 2.77. The van der Waals surface area contributed by atoms with Gasteiger partial charge < -0.3 is 0 Å². The molecular formula is C16H11Br2ClS. The SMILES string of the molecule is Cc1ccc2ccccc2c1C(Cl)c1cc(Br)sc1Br. The predicted octanol–water partition coefficient (Wildman–Crippen LogP) is 7.06. The Hall–Kier alpha value is -0.350. The molecule has 3 rings (SSSR count). The van der Waals surface area contributed by atoms with Crippen molar-refractivity contribution in [1.29, 1.82) is 0 Å². The van der Waals surface area contributed by atoms with Crippen molar-refractivity contribution in [2.45, 2.75) is 12.3 Å². The third kappa shape index (κ3) is 2.57. The fourth-order valence-electron chi connectivity index (χ4n) is 2.42. The minimum absolute atomic E-state index is 0.155. The van der Waals surface area contributed by atoms with Crippen LogP contribution in [0.1, 0.15) is 22.1 Å². The molecule has 0 spiro atoms. The summed E-state index contributed by atoms with van der Waals surface area (Å²) in [5, 5.41) is 2.30. The molecule has 4 heteroatoms. The van der Waals surface area contributed by atoms with Crippen molar-refractivity contribution >= 4 is 65.6 Å². The fourth-order valence-corrected chi connectivity index (χ4v) is 5.98. The van der Waals surface area contributed by atoms with Crippen molar-refractivity contribution in [3.05, 3.63) is 66.7 Å². The molecule has 0 bridgehead atoms. The molecule has 0 aliphatic heterocycles. The highest BCUT2D eigenvalue weighted by Crippen LogP contribution is 2.43. The fraction of sp³-hybridized carbons (Fsp3) is 0.125. The molecule has 102 valence electrons. The van der Waals surface area contributed by atoms with Gasteiger partial charge in [0.05, 0.1) is 12.9 Å². The van der Waals surface area contributed by atoms with Crippen molar-refractivity contribution in [2.75, 3.05) is 0 Å². The second-order valence-corrected chi connectivity index (χ2v) is 8.85. The summed E-state index contributed by atoms with van der Waals surface area (Å²) in [5.74, 6) is 0. The van der Waals surface area contributed by atoms with Crippen LogP contribution in [0.3, 0.4) is 0 Å². The molecule has 20 heavy (non-hydrogen) atoms. The van der Waals surface area contributed by atoms with E-state index in [1.54, 1.807) is 11.3 Å². The smallest absolute Gasteiger partial charge is 0.0863 e. The Kier molecular flexibility index (Phi) is 4.23. The van der Waals surface area contributed by atoms with Gasteiger partial charge in [-0.25, -0.2) is 0 Å². The van der Waals surface area contributed by atoms with E-state index in [9.17, 15) is 0 Å². The molecule has 0 N–H and O–H groups in total. The molecule has 0 fully saturated rings. The molecule has 0 aliphatic carbocycles. The highest BCUT2D eigenvalue weighted by molar-refractivity contribution is 9.12. The summed E-state index contributed by atoms with van der Waals surface area (Å²) in [6, 6.07) is 14.8. The Morgan fingerprint density at radius 2 is 1.85 bits per heavy atom. The van der Waals surface area contributed by atoms with E-state index in [4.69, 9.17) is 11.6 Å². The molecule has 0 saturated carbocycles. The van der Waals surface area contributed by atoms with Gasteiger partial charge in [0.1, 0.15) is 0 Å². The highest BCUT2D eigenvalue weighted by atomic mass is 79.9. The minimum atomic E-state index is -0.155. The number of rotatable bonds is 2. The number of alkyl halides is 1. The van der Waals surface area contributed by atoms with Gasteiger partial charge in [-0.3, -0.25) is 0 Å². The zero-order valence-electron chi connectivity index (χ0n) is 10.7. The van der Waals surface area contributed by atoms with Crippen LogP contribution in [-0.2, 0) is 0 Å². The maximum absolute atomic E-state index is 6.79. The van der Waals surface area contributed by atoms with Crippen LogP contribution < -0.4 is 0 Å². The van der Waals surface area contributed by atoms with E-state index < -0.39 is 0 Å². The minimum Gasteiger partial charge on any atom is -0.121 e. The largest absolute Gasteiger partial charge is 0.121 e. The summed E-state index contributed by atoms with van der Waals surface area (Å²) in [7, 11) is 0. The van der Waals surface area contributed by atoms with Gasteiger partial charge in [-0.15, -0.1) is 22.9 Å². The normalized spacial score (nSPS) is 12.8. The highest BCUT2D eigenvalue weighted by Gasteiger charge is 2.20. The van der Waals surface area contributed by atoms with Crippen molar-refractivity contribution < 1.29 is 0 Å². The van der Waals surface area contributed by atoms with Crippen LogP contribution in [0.5, 0.6) is 0 Å². The van der Waals surface area contributed by atoms with E-state index in [-0.39, 0.29) is 5.38 Å². The first-order valence-electron chi connectivity index (χ1n) is 6.15. The number of aryl methyl sites for hydroxylation is 1. The van der Waals surface area contributed by atoms with Crippen molar-refractivity contribution in [2.24, 2.45) is 0 Å². The zero-order valence-corrected chi connectivity index (χ0v) is 15.4. The molecule has 1 atom stereocenters. The molecule has 0 aliphatic rings. The summed E-state index contributed by atoms with van der Waals surface area (Å²) in [4.78, 5) is 0. The maximum Gasteiger partial charge on any atom is 0.0863 e. The number of hydrogen-bond acceptors (Lipinski definition) is 1. The van der Waals surface area contributed by atoms with Crippen LogP contribution >= 0.6 is 54.8 Å². The van der Waals surface area contributed by atoms with Gasteiger partial charge in [0.25, 0.3) is 0 Å². The Morgan fingerprint density at radius 1 is 1.10 bits per heavy atom. The second-order valence-electron chi connectivity index (χ2n) is 4.66. The van der Waals surface area contributed by atoms with E-state index in [1.807, 2.05) is 0 Å². The lowest BCUT2D eigenvalue weighted by Crippen LogP contribution is -1.97. The lowest BCUT2D eigenvalue weighted by atomic mass is 9.95. The molecule has 3 aromatic rings. The number of fused-ring (bicyclic) bond motifs is 1. The van der Waals surface area contributed by atoms with Gasteiger partial charge in [0.2, 0.25) is 0 Å². The van der Waals surface area contributed by atoms with Gasteiger partial charge in [-0.05, 0) is 66.7 Å². The zero-order chi connectivity index (χ0) is 14.3. The quantitative estimate of drug-likeness (QED) is 0.382. The Balaban J connectivity index is 2.23. The predicted molar refractivity (Wildman–Crippen MR) is 96.1 cm³/mol. The molecule has 0 saturated heterocycles. The topological polar surface area (TPSA) is 0 Å². The summed E-state index contributed by atoms with van der Waals surface area (Å²) < 4.78 is 2.17. The first-order valence-corrected chi connectivity index (χ1v) is 8.99. The van der Waals surface area contributed by atoms with Crippen LogP contribution in [0.25, 0.3) is 10.8 Å². The van der Waals surface area contributed by atoms with E-state index >= 15 is 0 Å². The maximum atomic E-state index is 6.79. The van der Waals surface area contributed by atoms with Gasteiger partial charge in [0.15, 0.2) is 0 Å². The molecule has 1 aromatic heterocycles. The van der Waals surface area contributed by atoms with Crippen LogP contribution in [0.4, 0.5) is 0 Å². The third-order valence-corrected chi connectivity index (χ3v) is 6.24. The average molecular weight is 431 g/mol. The van der Waals surface area contributed by atoms with Crippen LogP contribution in [0.2, 0.25) is 0 Å². The standard InChI is InChI=1S/C16H11Br2ClS/c1-9-6-7-10-4-2-3-5-11(10)14(9)15(19)12-8-13(17)20-16(12)18/h2-8,15H,1H3. The van der Waals surface area contributed by atoms with Crippen molar-refractivity contribution in [1.82, 2.24) is 0 Å². The molecule has 0 nitrogen and oxygen atoms in total. The first-order chi connectivity index (χ1) is 9.58. The van der Waals surface area contributed by atoms with E-state index in [0.717, 1.165) is 13.1 Å². The Bertz CT molecular complexity index is 779. The van der Waals surface area contributed by atoms with Crippen LogP contribution in [-0.4, -0.2) is 0 Å². The number of benzene rings is 2. The van der Waals surface area contributed by atoms with Crippen molar-refractivity contribution in [3.8, 4) is 0 Å². The number of thiophene rings is 1. The molecule has 0 radical (unpaired) electrons. The summed E-state index contributed by atoms with van der Waals surface area (Å²) >= 11 is 15.6. The Morgan fingerprint density at radius 3 is 2.55 bits per heavy atom. The first kappa shape index (κ1) is 14.6. The van der Waals surface area contributed by atoms with E-state index in [0.29, 0.717) is 0 Å². The van der Waals surface area contributed by atoms with Gasteiger partial charge in [-0.1, -0.05) is 36.4 Å². The number of hydrogen-bond donors (Lipinski definition) is 0. The molecule has 1 heterocycles. The molecular weight excluding hydrogens is 420 g/mol. The van der Waals surface area contributed by atoms with Crippen LogP contribution in [0.15, 0.2) is 50.0 Å². The lowest BCUT2D eigenvalue weighted by molar-refractivity contribution is 1.13. The number of halogens is 3. The van der Waals surface area contributed by atoms with Gasteiger partial charge in [-0.2, -0.15) is 0 Å². The summed E-state index contributed by atoms with van der Waals surface area (Å²) in [6.45, 7) is 2.12. The lowest BCUT2D eigenvalue weighted by Gasteiger charge is -2.15. The monoisotopic (exact) mass is 428 g/mol.